The maximum atomic E-state index is 13.6. The molecule has 1 N–H and O–H groups in total. The van der Waals surface area contributed by atoms with Crippen molar-refractivity contribution < 1.29 is 22.7 Å². The van der Waals surface area contributed by atoms with Crippen LogP contribution in [0.4, 0.5) is 19.1 Å². The van der Waals surface area contributed by atoms with Gasteiger partial charge in [0.1, 0.15) is 5.69 Å². The Kier molecular flexibility index (Phi) is 7.14. The molecule has 3 fully saturated rings. The second-order valence-corrected chi connectivity index (χ2v) is 9.71. The summed E-state index contributed by atoms with van der Waals surface area (Å²) in [6.07, 6.45) is 1.13. The van der Waals surface area contributed by atoms with Gasteiger partial charge in [-0.3, -0.25) is 4.79 Å². The molecule has 0 radical (unpaired) electrons. The molecule has 7 nitrogen and oxygen atoms in total. The number of piperazine rings is 1. The Labute approximate surface area is 193 Å². The first-order valence-corrected chi connectivity index (χ1v) is 12.0. The number of anilines is 1. The van der Waals surface area contributed by atoms with Crippen LogP contribution in [0.15, 0.2) is 12.3 Å². The van der Waals surface area contributed by atoms with Gasteiger partial charge in [0.25, 0.3) is 0 Å². The minimum Gasteiger partial charge on any atom is -0.381 e. The van der Waals surface area contributed by atoms with Crippen LogP contribution in [-0.2, 0) is 15.7 Å². The third kappa shape index (κ3) is 5.26. The molecule has 1 saturated carbocycles. The summed E-state index contributed by atoms with van der Waals surface area (Å²) in [7, 11) is 0. The van der Waals surface area contributed by atoms with Gasteiger partial charge in [0.05, 0.1) is 12.0 Å². The Balaban J connectivity index is 1.35. The summed E-state index contributed by atoms with van der Waals surface area (Å²) < 4.78 is 44.5. The van der Waals surface area contributed by atoms with E-state index in [1.807, 2.05) is 4.90 Å². The highest BCUT2D eigenvalue weighted by atomic mass is 19.4. The first-order chi connectivity index (χ1) is 15.7. The molecule has 0 spiro atoms. The predicted molar refractivity (Wildman–Crippen MR) is 118 cm³/mol. The number of halogens is 3. The highest BCUT2D eigenvalue weighted by Crippen LogP contribution is 2.43. The molecular formula is C23H34F3N5O2. The van der Waals surface area contributed by atoms with Crippen LogP contribution in [0.5, 0.6) is 0 Å². The molecule has 4 rings (SSSR count). The first-order valence-electron chi connectivity index (χ1n) is 12.0. The molecular weight excluding hydrogens is 435 g/mol. The van der Waals surface area contributed by atoms with Crippen LogP contribution >= 0.6 is 0 Å². The van der Waals surface area contributed by atoms with E-state index < -0.39 is 11.9 Å². The van der Waals surface area contributed by atoms with Crippen molar-refractivity contribution in [2.24, 2.45) is 11.3 Å². The molecule has 1 aromatic heterocycles. The van der Waals surface area contributed by atoms with Crippen molar-refractivity contribution in [1.29, 1.82) is 0 Å². The monoisotopic (exact) mass is 469 g/mol. The second-order valence-electron chi connectivity index (χ2n) is 9.71. The number of hydrogen-bond acceptors (Lipinski definition) is 6. The summed E-state index contributed by atoms with van der Waals surface area (Å²) >= 11 is 0. The predicted octanol–water partition coefficient (Wildman–Crippen LogP) is 3.11. The van der Waals surface area contributed by atoms with Crippen molar-refractivity contribution in [1.82, 2.24) is 20.2 Å². The smallest absolute Gasteiger partial charge is 0.381 e. The zero-order valence-corrected chi connectivity index (χ0v) is 19.4. The van der Waals surface area contributed by atoms with Crippen LogP contribution in [0.3, 0.4) is 0 Å². The molecule has 1 aliphatic carbocycles. The van der Waals surface area contributed by atoms with Crippen LogP contribution in [0.25, 0.3) is 0 Å². The highest BCUT2D eigenvalue weighted by Gasteiger charge is 2.47. The van der Waals surface area contributed by atoms with Crippen molar-refractivity contribution in [3.8, 4) is 0 Å². The van der Waals surface area contributed by atoms with E-state index >= 15 is 0 Å². The van der Waals surface area contributed by atoms with Crippen molar-refractivity contribution in [2.75, 3.05) is 44.3 Å². The van der Waals surface area contributed by atoms with Gasteiger partial charge in [0, 0.05) is 51.1 Å². The Hall–Kier alpha value is -1.94. The van der Waals surface area contributed by atoms with Gasteiger partial charge >= 0.3 is 6.18 Å². The van der Waals surface area contributed by atoms with E-state index in [0.717, 1.165) is 57.6 Å². The minimum atomic E-state index is -4.50. The SMILES string of the molecule is CC[C@]1(C(=O)N2CCN(c3nccc(C(F)(F)F)n3)CC2)CC[C@@H](NC2CCOCC2C)C1. The fourth-order valence-corrected chi connectivity index (χ4v) is 5.47. The lowest BCUT2D eigenvalue weighted by atomic mass is 9.81. The number of carbonyl (C=O) groups is 1. The topological polar surface area (TPSA) is 70.6 Å². The average molecular weight is 470 g/mol. The van der Waals surface area contributed by atoms with Crippen LogP contribution < -0.4 is 10.2 Å². The van der Waals surface area contributed by atoms with E-state index in [1.54, 1.807) is 4.90 Å². The number of amides is 1. The normalized spacial score (nSPS) is 31.1. The summed E-state index contributed by atoms with van der Waals surface area (Å²) in [5, 5.41) is 3.79. The lowest BCUT2D eigenvalue weighted by Gasteiger charge is -2.40. The third-order valence-corrected chi connectivity index (χ3v) is 7.61. The van der Waals surface area contributed by atoms with E-state index in [-0.39, 0.29) is 17.3 Å². The molecule has 184 valence electrons. The van der Waals surface area contributed by atoms with Gasteiger partial charge in [0.15, 0.2) is 0 Å². The molecule has 0 bridgehead atoms. The van der Waals surface area contributed by atoms with E-state index in [9.17, 15) is 18.0 Å². The third-order valence-electron chi connectivity index (χ3n) is 7.61. The molecule has 4 atom stereocenters. The van der Waals surface area contributed by atoms with E-state index in [0.29, 0.717) is 44.2 Å². The standard InChI is InChI=1S/C23H34F3N5O2/c1-3-22(7-4-17(14-22)28-18-6-13-33-15-16(18)2)20(32)30-9-11-31(12-10-30)21-27-8-5-19(29-21)23(24,25)26/h5,8,16-18,28H,3-4,6-7,9-15H2,1-2H3/t16?,17-,18?,22+/m1/s1. The molecule has 2 aliphatic heterocycles. The van der Waals surface area contributed by atoms with E-state index in [4.69, 9.17) is 4.74 Å². The minimum absolute atomic E-state index is 0.0674. The summed E-state index contributed by atoms with van der Waals surface area (Å²) in [4.78, 5) is 24.9. The molecule has 1 aromatic rings. The molecule has 0 aromatic carbocycles. The molecule has 2 unspecified atom stereocenters. The van der Waals surface area contributed by atoms with Gasteiger partial charge in [-0.25, -0.2) is 9.97 Å². The van der Waals surface area contributed by atoms with E-state index in [2.05, 4.69) is 29.1 Å². The molecule has 3 aliphatic rings. The number of ether oxygens (including phenoxy) is 1. The van der Waals surface area contributed by atoms with Crippen molar-refractivity contribution >= 4 is 11.9 Å². The largest absolute Gasteiger partial charge is 0.433 e. The number of rotatable bonds is 5. The van der Waals surface area contributed by atoms with Gasteiger partial charge in [-0.2, -0.15) is 13.2 Å². The number of alkyl halides is 3. The van der Waals surface area contributed by atoms with Crippen molar-refractivity contribution in [3.63, 3.8) is 0 Å². The van der Waals surface area contributed by atoms with Gasteiger partial charge < -0.3 is 19.9 Å². The van der Waals surface area contributed by atoms with Gasteiger partial charge in [0.2, 0.25) is 11.9 Å². The fraction of sp³-hybridized carbons (Fsp3) is 0.783. The molecule has 33 heavy (non-hydrogen) atoms. The summed E-state index contributed by atoms with van der Waals surface area (Å²) in [5.74, 6) is 0.717. The Morgan fingerprint density at radius 2 is 2.03 bits per heavy atom. The maximum Gasteiger partial charge on any atom is 0.433 e. The van der Waals surface area contributed by atoms with Crippen LogP contribution in [0.2, 0.25) is 0 Å². The van der Waals surface area contributed by atoms with Crippen LogP contribution in [0.1, 0.15) is 51.6 Å². The van der Waals surface area contributed by atoms with Gasteiger partial charge in [-0.05, 0) is 44.1 Å². The van der Waals surface area contributed by atoms with E-state index in [1.165, 1.54) is 0 Å². The van der Waals surface area contributed by atoms with Crippen molar-refractivity contribution in [2.45, 2.75) is 64.2 Å². The summed E-state index contributed by atoms with van der Waals surface area (Å²) in [6, 6.07) is 1.64. The number of carbonyl (C=O) groups excluding carboxylic acids is 1. The fourth-order valence-electron chi connectivity index (χ4n) is 5.47. The molecule has 1 amide bonds. The number of hydrogen-bond donors (Lipinski definition) is 1. The number of aromatic nitrogens is 2. The lowest BCUT2D eigenvalue weighted by Crippen LogP contribution is -2.53. The van der Waals surface area contributed by atoms with Gasteiger partial charge in [-0.15, -0.1) is 0 Å². The zero-order valence-electron chi connectivity index (χ0n) is 19.4. The van der Waals surface area contributed by atoms with Crippen molar-refractivity contribution in [3.05, 3.63) is 18.0 Å². The Morgan fingerprint density at radius 1 is 1.27 bits per heavy atom. The van der Waals surface area contributed by atoms with Gasteiger partial charge in [-0.1, -0.05) is 13.8 Å². The zero-order chi connectivity index (χ0) is 23.6. The maximum absolute atomic E-state index is 13.6. The number of nitrogens with one attached hydrogen (secondary N) is 1. The summed E-state index contributed by atoms with van der Waals surface area (Å²) in [6.45, 7) is 7.64. The average Bonchev–Trinajstić information content (AvgIpc) is 3.24. The molecule has 2 saturated heterocycles. The Bertz CT molecular complexity index is 831. The lowest BCUT2D eigenvalue weighted by molar-refractivity contribution is -0.142. The van der Waals surface area contributed by atoms with Crippen LogP contribution in [-0.4, -0.2) is 72.3 Å². The first kappa shape index (κ1) is 24.2. The quantitative estimate of drug-likeness (QED) is 0.715. The summed E-state index contributed by atoms with van der Waals surface area (Å²) in [5.41, 5.74) is -1.31. The molecule has 10 heteroatoms. The Morgan fingerprint density at radius 3 is 2.70 bits per heavy atom. The second kappa shape index (κ2) is 9.74. The number of nitrogens with zero attached hydrogens (tertiary/aromatic N) is 4. The highest BCUT2D eigenvalue weighted by molar-refractivity contribution is 5.83. The van der Waals surface area contributed by atoms with Crippen LogP contribution in [0, 0.1) is 11.3 Å². The molecule has 3 heterocycles.